The van der Waals surface area contributed by atoms with Gasteiger partial charge in [-0.05, 0) is 0 Å². The molecule has 0 aliphatic rings. The predicted octanol–water partition coefficient (Wildman–Crippen LogP) is 1.75. The van der Waals surface area contributed by atoms with Crippen LogP contribution in [0.15, 0.2) is 11.1 Å². The molecule has 0 saturated heterocycles. The molecule has 5 nitrogen and oxygen atoms in total. The van der Waals surface area contributed by atoms with Gasteiger partial charge in [0.2, 0.25) is 10.9 Å². The van der Waals surface area contributed by atoms with E-state index in [4.69, 9.17) is 15.8 Å². The Morgan fingerprint density at radius 1 is 1.41 bits per heavy atom. The van der Waals surface area contributed by atoms with E-state index in [0.717, 1.165) is 0 Å². The molecular weight excluding hydrogens is 294 g/mol. The van der Waals surface area contributed by atoms with Gasteiger partial charge in [0.25, 0.3) is 9.05 Å². The van der Waals surface area contributed by atoms with Gasteiger partial charge in [-0.25, -0.2) is 12.8 Å². The third-order valence-corrected chi connectivity index (χ3v) is 2.53. The quantitative estimate of drug-likeness (QED) is 0.664. The van der Waals surface area contributed by atoms with Gasteiger partial charge in [-0.15, -0.1) is 13.2 Å². The molecule has 0 atom stereocenters. The molecular formula is C6H2ClF4NO4S. The molecule has 1 rings (SSSR count). The molecule has 1 aromatic rings. The van der Waals surface area contributed by atoms with Gasteiger partial charge < -0.3 is 9.84 Å². The van der Waals surface area contributed by atoms with Crippen LogP contribution in [-0.2, 0) is 9.05 Å². The van der Waals surface area contributed by atoms with E-state index in [1.807, 2.05) is 0 Å². The van der Waals surface area contributed by atoms with E-state index >= 15 is 0 Å². The van der Waals surface area contributed by atoms with Gasteiger partial charge in [0.05, 0.1) is 0 Å². The zero-order chi connectivity index (χ0) is 13.4. The van der Waals surface area contributed by atoms with Crippen LogP contribution >= 0.6 is 10.7 Å². The Bertz CT molecular complexity index is 544. The van der Waals surface area contributed by atoms with Crippen LogP contribution < -0.4 is 4.74 Å². The van der Waals surface area contributed by atoms with Gasteiger partial charge in [0, 0.05) is 16.7 Å². The Balaban J connectivity index is 3.35. The topological polar surface area (TPSA) is 76.5 Å². The molecule has 0 unspecified atom stereocenters. The third-order valence-electron chi connectivity index (χ3n) is 1.34. The van der Waals surface area contributed by atoms with Crippen LogP contribution in [0, 0.1) is 5.82 Å². The molecule has 0 saturated carbocycles. The number of ether oxygens (including phenoxy) is 1. The third kappa shape index (κ3) is 3.60. The molecule has 1 heterocycles. The number of aromatic nitrogens is 1. The summed E-state index contributed by atoms with van der Waals surface area (Å²) < 4.78 is 72.9. The fraction of sp³-hybridized carbons (Fsp3) is 0.167. The lowest BCUT2D eigenvalue weighted by Crippen LogP contribution is -2.18. The Kier molecular flexibility index (Phi) is 3.39. The van der Waals surface area contributed by atoms with Gasteiger partial charge in [0.1, 0.15) is 0 Å². The Hall–Kier alpha value is -1.29. The molecule has 1 aromatic heterocycles. The highest BCUT2D eigenvalue weighted by Gasteiger charge is 2.33. The molecule has 0 fully saturated rings. The first kappa shape index (κ1) is 13.8. The second kappa shape index (κ2) is 4.18. The summed E-state index contributed by atoms with van der Waals surface area (Å²) in [6, 6.07) is 0.0639. The van der Waals surface area contributed by atoms with Crippen molar-refractivity contribution >= 4 is 19.7 Å². The van der Waals surface area contributed by atoms with E-state index in [2.05, 4.69) is 9.72 Å². The number of pyridine rings is 1. The van der Waals surface area contributed by atoms with E-state index in [-0.39, 0.29) is 6.07 Å². The smallest absolute Gasteiger partial charge is 0.503 e. The maximum Gasteiger partial charge on any atom is 0.574 e. The summed E-state index contributed by atoms with van der Waals surface area (Å²) in [5.74, 6) is -4.56. The second-order valence-electron chi connectivity index (χ2n) is 2.58. The SMILES string of the molecule is O=S(=O)(Cl)c1nc(OC(F)(F)F)cc(F)c1O. The fourth-order valence-electron chi connectivity index (χ4n) is 0.805. The maximum absolute atomic E-state index is 12.9. The summed E-state index contributed by atoms with van der Waals surface area (Å²) in [4.78, 5) is 2.74. The van der Waals surface area contributed by atoms with E-state index in [0.29, 0.717) is 0 Å². The minimum Gasteiger partial charge on any atom is -0.503 e. The van der Waals surface area contributed by atoms with Crippen molar-refractivity contribution in [3.05, 3.63) is 11.9 Å². The summed E-state index contributed by atoms with van der Waals surface area (Å²) in [6.07, 6.45) is -5.19. The Morgan fingerprint density at radius 3 is 2.35 bits per heavy atom. The molecule has 17 heavy (non-hydrogen) atoms. The van der Waals surface area contributed by atoms with Gasteiger partial charge in [-0.1, -0.05) is 0 Å². The normalized spacial score (nSPS) is 12.5. The van der Waals surface area contributed by atoms with E-state index in [1.165, 1.54) is 0 Å². The lowest BCUT2D eigenvalue weighted by atomic mass is 10.4. The molecule has 0 aliphatic heterocycles. The van der Waals surface area contributed by atoms with Gasteiger partial charge >= 0.3 is 6.36 Å². The van der Waals surface area contributed by atoms with E-state index < -0.39 is 37.9 Å². The largest absolute Gasteiger partial charge is 0.574 e. The van der Waals surface area contributed by atoms with E-state index in [9.17, 15) is 26.0 Å². The highest BCUT2D eigenvalue weighted by Crippen LogP contribution is 2.31. The van der Waals surface area contributed by atoms with Crippen molar-refractivity contribution in [3.8, 4) is 11.6 Å². The van der Waals surface area contributed by atoms with Gasteiger partial charge in [0.15, 0.2) is 11.6 Å². The monoisotopic (exact) mass is 295 g/mol. The lowest BCUT2D eigenvalue weighted by molar-refractivity contribution is -0.276. The van der Waals surface area contributed by atoms with Crippen molar-refractivity contribution in [2.75, 3.05) is 0 Å². The Morgan fingerprint density at radius 2 is 1.94 bits per heavy atom. The van der Waals surface area contributed by atoms with Crippen molar-refractivity contribution in [3.63, 3.8) is 0 Å². The number of halogens is 5. The maximum atomic E-state index is 12.9. The average molecular weight is 296 g/mol. The molecule has 0 radical (unpaired) electrons. The number of rotatable bonds is 2. The van der Waals surface area contributed by atoms with Crippen LogP contribution in [0.2, 0.25) is 0 Å². The summed E-state index contributed by atoms with van der Waals surface area (Å²) >= 11 is 0. The molecule has 0 spiro atoms. The average Bonchev–Trinajstić information content (AvgIpc) is 2.06. The fourth-order valence-corrected chi connectivity index (χ4v) is 1.66. The zero-order valence-corrected chi connectivity index (χ0v) is 9.07. The highest BCUT2D eigenvalue weighted by molar-refractivity contribution is 8.13. The first-order chi connectivity index (χ1) is 7.50. The summed E-state index contributed by atoms with van der Waals surface area (Å²) in [6.45, 7) is 0. The van der Waals surface area contributed by atoms with Crippen molar-refractivity contribution in [1.29, 1.82) is 0 Å². The second-order valence-corrected chi connectivity index (χ2v) is 5.06. The van der Waals surface area contributed by atoms with Crippen LogP contribution in [0.5, 0.6) is 11.6 Å². The van der Waals surface area contributed by atoms with Crippen LogP contribution in [-0.4, -0.2) is 24.9 Å². The summed E-state index contributed by atoms with van der Waals surface area (Å²) in [5.41, 5.74) is 0. The van der Waals surface area contributed by atoms with Crippen LogP contribution in [0.3, 0.4) is 0 Å². The highest BCUT2D eigenvalue weighted by atomic mass is 35.7. The first-order valence-corrected chi connectivity index (χ1v) is 5.91. The minimum atomic E-state index is -5.19. The number of alkyl halides is 3. The Labute approximate surface area is 96.0 Å². The molecule has 96 valence electrons. The van der Waals surface area contributed by atoms with Crippen molar-refractivity contribution < 1.29 is 35.8 Å². The number of aromatic hydroxyl groups is 1. The van der Waals surface area contributed by atoms with E-state index in [1.54, 1.807) is 0 Å². The standard InChI is InChI=1S/C6H2ClF4NO4S/c7-17(14,15)5-4(13)2(8)1-3(12-5)16-6(9,10)11/h1,13H. The van der Waals surface area contributed by atoms with Crippen molar-refractivity contribution in [2.24, 2.45) is 0 Å². The van der Waals surface area contributed by atoms with Crippen molar-refractivity contribution in [1.82, 2.24) is 4.98 Å². The zero-order valence-electron chi connectivity index (χ0n) is 7.49. The van der Waals surface area contributed by atoms with Gasteiger partial charge in [-0.3, -0.25) is 0 Å². The molecule has 1 N–H and O–H groups in total. The molecule has 0 amide bonds. The molecule has 0 aromatic carbocycles. The minimum absolute atomic E-state index is 0.0639. The first-order valence-electron chi connectivity index (χ1n) is 3.60. The van der Waals surface area contributed by atoms with Crippen LogP contribution in [0.1, 0.15) is 0 Å². The summed E-state index contributed by atoms with van der Waals surface area (Å²) in [5, 5.41) is 7.46. The van der Waals surface area contributed by atoms with Crippen LogP contribution in [0.4, 0.5) is 17.6 Å². The number of nitrogens with zero attached hydrogens (tertiary/aromatic N) is 1. The lowest BCUT2D eigenvalue weighted by Gasteiger charge is -2.09. The van der Waals surface area contributed by atoms with Gasteiger partial charge in [-0.2, -0.15) is 4.98 Å². The van der Waals surface area contributed by atoms with Crippen LogP contribution in [0.25, 0.3) is 0 Å². The number of hydrogen-bond acceptors (Lipinski definition) is 5. The number of hydrogen-bond donors (Lipinski definition) is 1. The molecule has 0 aliphatic carbocycles. The predicted molar refractivity (Wildman–Crippen MR) is 45.6 cm³/mol. The summed E-state index contributed by atoms with van der Waals surface area (Å²) in [7, 11) is 0.0149. The molecule has 0 bridgehead atoms. The van der Waals surface area contributed by atoms with Crippen molar-refractivity contribution in [2.45, 2.75) is 11.4 Å². The molecule has 11 heteroatoms.